The van der Waals surface area contributed by atoms with Crippen molar-refractivity contribution in [1.82, 2.24) is 4.98 Å². The molecule has 4 nitrogen and oxygen atoms in total. The molecule has 1 N–H and O–H groups in total. The van der Waals surface area contributed by atoms with Crippen molar-refractivity contribution in [1.29, 1.82) is 0 Å². The van der Waals surface area contributed by atoms with Crippen LogP contribution in [0.4, 0.5) is 8.78 Å². The van der Waals surface area contributed by atoms with Crippen molar-refractivity contribution >= 4 is 17.6 Å². The van der Waals surface area contributed by atoms with Gasteiger partial charge >= 0.3 is 5.97 Å². The number of hydrogen-bond acceptors (Lipinski definition) is 3. The number of aromatic amines is 1. The first-order valence-corrected chi connectivity index (χ1v) is 5.77. The van der Waals surface area contributed by atoms with Crippen molar-refractivity contribution in [3.8, 4) is 0 Å². The third-order valence-electron chi connectivity index (χ3n) is 2.30. The molecule has 18 heavy (non-hydrogen) atoms. The molecule has 0 fully saturated rings. The van der Waals surface area contributed by atoms with Crippen molar-refractivity contribution in [3.05, 3.63) is 33.2 Å². The minimum atomic E-state index is -2.90. The molecular weight excluding hydrogens is 268 g/mol. The largest absolute Gasteiger partial charge is 0.466 e. The molecule has 0 aliphatic carbocycles. The van der Waals surface area contributed by atoms with Crippen molar-refractivity contribution in [3.63, 3.8) is 0 Å². The first-order chi connectivity index (χ1) is 8.51. The summed E-state index contributed by atoms with van der Waals surface area (Å²) >= 11 is 5.59. The predicted molar refractivity (Wildman–Crippen MR) is 61.9 cm³/mol. The summed E-state index contributed by atoms with van der Waals surface area (Å²) in [5, 5.41) is 0. The van der Waals surface area contributed by atoms with Gasteiger partial charge < -0.3 is 9.72 Å². The molecule has 7 heteroatoms. The van der Waals surface area contributed by atoms with Crippen LogP contribution in [0.3, 0.4) is 0 Å². The van der Waals surface area contributed by atoms with E-state index in [-0.39, 0.29) is 30.2 Å². The SMILES string of the molecule is CCOC(=O)Cc1c(CCl)[nH]cc(C(F)F)c1=O. The molecule has 0 bridgehead atoms. The summed E-state index contributed by atoms with van der Waals surface area (Å²) in [6.07, 6.45) is -2.36. The zero-order valence-corrected chi connectivity index (χ0v) is 10.4. The average Bonchev–Trinajstić information content (AvgIpc) is 2.31. The van der Waals surface area contributed by atoms with Crippen molar-refractivity contribution in [2.45, 2.75) is 25.7 Å². The van der Waals surface area contributed by atoms with Gasteiger partial charge in [0.2, 0.25) is 0 Å². The lowest BCUT2D eigenvalue weighted by molar-refractivity contribution is -0.142. The third-order valence-corrected chi connectivity index (χ3v) is 2.56. The van der Waals surface area contributed by atoms with E-state index in [1.165, 1.54) is 0 Å². The molecule has 0 saturated heterocycles. The molecule has 0 amide bonds. The molecule has 1 aromatic rings. The first-order valence-electron chi connectivity index (χ1n) is 5.24. The summed E-state index contributed by atoms with van der Waals surface area (Å²) in [6, 6.07) is 0. The zero-order valence-electron chi connectivity index (χ0n) is 9.63. The fraction of sp³-hybridized carbons (Fsp3) is 0.455. The summed E-state index contributed by atoms with van der Waals surface area (Å²) in [6.45, 7) is 1.77. The minimum absolute atomic E-state index is 0.0683. The normalized spacial score (nSPS) is 10.7. The van der Waals surface area contributed by atoms with Gasteiger partial charge in [-0.2, -0.15) is 0 Å². The Morgan fingerprint density at radius 1 is 1.56 bits per heavy atom. The number of pyridine rings is 1. The van der Waals surface area contributed by atoms with E-state index in [1.807, 2.05) is 0 Å². The van der Waals surface area contributed by atoms with Crippen LogP contribution in [-0.4, -0.2) is 17.6 Å². The highest BCUT2D eigenvalue weighted by atomic mass is 35.5. The Morgan fingerprint density at radius 2 is 2.22 bits per heavy atom. The number of nitrogens with one attached hydrogen (secondary N) is 1. The first kappa shape index (κ1) is 14.6. The standard InChI is InChI=1S/C11H12ClF2NO3/c1-2-18-9(16)3-6-8(4-12)15-5-7(10(6)17)11(13)14/h5,11H,2-4H2,1H3,(H,15,17). The molecule has 1 aromatic heterocycles. The second-order valence-electron chi connectivity index (χ2n) is 3.45. The quantitative estimate of drug-likeness (QED) is 0.664. The van der Waals surface area contributed by atoms with E-state index in [1.54, 1.807) is 6.92 Å². The minimum Gasteiger partial charge on any atom is -0.466 e. The number of carbonyl (C=O) groups excluding carboxylic acids is 1. The number of H-pyrrole nitrogens is 1. The number of ether oxygens (including phenoxy) is 1. The van der Waals surface area contributed by atoms with Crippen LogP contribution < -0.4 is 5.43 Å². The Bertz CT molecular complexity index is 488. The van der Waals surface area contributed by atoms with Gasteiger partial charge in [-0.05, 0) is 6.92 Å². The lowest BCUT2D eigenvalue weighted by atomic mass is 10.1. The van der Waals surface area contributed by atoms with E-state index >= 15 is 0 Å². The van der Waals surface area contributed by atoms with Crippen LogP contribution >= 0.6 is 11.6 Å². The Labute approximate surface area is 107 Å². The van der Waals surface area contributed by atoms with Crippen LogP contribution in [0.1, 0.15) is 30.2 Å². The average molecular weight is 280 g/mol. The maximum absolute atomic E-state index is 12.6. The number of halogens is 3. The molecule has 0 atom stereocenters. The second-order valence-corrected chi connectivity index (χ2v) is 3.71. The Balaban J connectivity index is 3.18. The van der Waals surface area contributed by atoms with E-state index in [4.69, 9.17) is 11.6 Å². The predicted octanol–water partition coefficient (Wildman–Crippen LogP) is 2.16. The highest BCUT2D eigenvalue weighted by Gasteiger charge is 2.19. The number of hydrogen-bond donors (Lipinski definition) is 1. The summed E-state index contributed by atoms with van der Waals surface area (Å²) < 4.78 is 29.8. The zero-order chi connectivity index (χ0) is 13.7. The van der Waals surface area contributed by atoms with E-state index < -0.39 is 23.4 Å². The van der Waals surface area contributed by atoms with Crippen LogP contribution in [0.15, 0.2) is 11.0 Å². The van der Waals surface area contributed by atoms with Crippen LogP contribution in [0, 0.1) is 0 Å². The topological polar surface area (TPSA) is 59.2 Å². The third kappa shape index (κ3) is 3.29. The highest BCUT2D eigenvalue weighted by molar-refractivity contribution is 6.17. The van der Waals surface area contributed by atoms with Gasteiger partial charge in [-0.1, -0.05) is 0 Å². The molecule has 0 aliphatic heterocycles. The number of alkyl halides is 3. The molecule has 0 saturated carbocycles. The monoisotopic (exact) mass is 279 g/mol. The van der Waals surface area contributed by atoms with Crippen LogP contribution in [0.25, 0.3) is 0 Å². The fourth-order valence-corrected chi connectivity index (χ4v) is 1.69. The van der Waals surface area contributed by atoms with Gasteiger partial charge in [0.1, 0.15) is 0 Å². The van der Waals surface area contributed by atoms with Gasteiger partial charge in [-0.25, -0.2) is 8.78 Å². The Morgan fingerprint density at radius 3 is 2.72 bits per heavy atom. The molecule has 0 aliphatic rings. The van der Waals surface area contributed by atoms with Gasteiger partial charge in [0.25, 0.3) is 6.43 Å². The number of rotatable bonds is 5. The summed E-state index contributed by atoms with van der Waals surface area (Å²) in [5.41, 5.74) is -1.36. The van der Waals surface area contributed by atoms with Crippen molar-refractivity contribution in [2.24, 2.45) is 0 Å². The van der Waals surface area contributed by atoms with Gasteiger partial charge in [0.15, 0.2) is 5.43 Å². The smallest absolute Gasteiger partial charge is 0.310 e. The fourth-order valence-electron chi connectivity index (χ4n) is 1.45. The van der Waals surface area contributed by atoms with E-state index in [0.717, 1.165) is 6.20 Å². The maximum atomic E-state index is 12.6. The van der Waals surface area contributed by atoms with Gasteiger partial charge in [0, 0.05) is 17.5 Å². The van der Waals surface area contributed by atoms with Crippen molar-refractivity contribution in [2.75, 3.05) is 6.61 Å². The summed E-state index contributed by atoms with van der Waals surface area (Å²) in [7, 11) is 0. The molecule has 1 rings (SSSR count). The summed E-state index contributed by atoms with van der Waals surface area (Å²) in [5.74, 6) is -0.728. The maximum Gasteiger partial charge on any atom is 0.310 e. The van der Waals surface area contributed by atoms with E-state index in [0.29, 0.717) is 0 Å². The summed E-state index contributed by atoms with van der Waals surface area (Å²) in [4.78, 5) is 25.6. The Kier molecular flexibility index (Phi) is 5.27. The Hall–Kier alpha value is -1.43. The van der Waals surface area contributed by atoms with E-state index in [2.05, 4.69) is 9.72 Å². The van der Waals surface area contributed by atoms with Crippen LogP contribution in [0.2, 0.25) is 0 Å². The second kappa shape index (κ2) is 6.49. The highest BCUT2D eigenvalue weighted by Crippen LogP contribution is 2.16. The van der Waals surface area contributed by atoms with Crippen molar-refractivity contribution < 1.29 is 18.3 Å². The molecule has 100 valence electrons. The van der Waals surface area contributed by atoms with E-state index in [9.17, 15) is 18.4 Å². The van der Waals surface area contributed by atoms with Crippen LogP contribution in [0.5, 0.6) is 0 Å². The molecule has 0 unspecified atom stereocenters. The molecule has 0 aromatic carbocycles. The number of esters is 1. The van der Waals surface area contributed by atoms with Gasteiger partial charge in [-0.3, -0.25) is 9.59 Å². The molecular formula is C11H12ClF2NO3. The lowest BCUT2D eigenvalue weighted by Gasteiger charge is -2.08. The lowest BCUT2D eigenvalue weighted by Crippen LogP contribution is -2.22. The van der Waals surface area contributed by atoms with Gasteiger partial charge in [0.05, 0.1) is 24.5 Å². The molecule has 0 spiro atoms. The van der Waals surface area contributed by atoms with Crippen LogP contribution in [-0.2, 0) is 21.8 Å². The molecule has 0 radical (unpaired) electrons. The number of carbonyl (C=O) groups is 1. The van der Waals surface area contributed by atoms with Gasteiger partial charge in [-0.15, -0.1) is 11.6 Å². The molecule has 1 heterocycles. The number of aromatic nitrogens is 1.